The molecule has 1 aromatic heterocycles. The van der Waals surface area contributed by atoms with E-state index in [-0.39, 0.29) is 0 Å². The Morgan fingerprint density at radius 3 is 2.76 bits per heavy atom. The number of halogens is 2. The summed E-state index contributed by atoms with van der Waals surface area (Å²) >= 11 is 11.9. The van der Waals surface area contributed by atoms with E-state index >= 15 is 0 Å². The molecule has 1 N–H and O–H groups in total. The van der Waals surface area contributed by atoms with Crippen molar-refractivity contribution >= 4 is 23.2 Å². The molecule has 3 nitrogen and oxygen atoms in total. The minimum absolute atomic E-state index is 0.413. The Kier molecular flexibility index (Phi) is 5.97. The van der Waals surface area contributed by atoms with Crippen LogP contribution in [0.2, 0.25) is 10.0 Å². The molecule has 0 saturated carbocycles. The molecule has 0 bridgehead atoms. The lowest BCUT2D eigenvalue weighted by Crippen LogP contribution is -2.19. The molecule has 1 heterocycles. The van der Waals surface area contributed by atoms with Gasteiger partial charge in [-0.15, -0.1) is 0 Å². The summed E-state index contributed by atoms with van der Waals surface area (Å²) in [5, 5.41) is 4.45. The maximum atomic E-state index is 6.08. The van der Waals surface area contributed by atoms with Crippen LogP contribution in [0.5, 0.6) is 5.75 Å². The summed E-state index contributed by atoms with van der Waals surface area (Å²) in [4.78, 5) is 0. The monoisotopic (exact) mass is 327 g/mol. The maximum Gasteiger partial charge on any atom is 0.138 e. The van der Waals surface area contributed by atoms with E-state index < -0.39 is 0 Å². The summed E-state index contributed by atoms with van der Waals surface area (Å²) in [6, 6.07) is 7.10. The van der Waals surface area contributed by atoms with Crippen LogP contribution in [0.3, 0.4) is 0 Å². The predicted molar refractivity (Wildman–Crippen MR) is 86.0 cm³/mol. The molecule has 0 aliphatic rings. The zero-order chi connectivity index (χ0) is 15.2. The molecule has 0 saturated heterocycles. The first-order valence-electron chi connectivity index (χ1n) is 6.90. The molecule has 0 spiro atoms. The van der Waals surface area contributed by atoms with E-state index in [9.17, 15) is 0 Å². The van der Waals surface area contributed by atoms with Crippen LogP contribution in [0.1, 0.15) is 25.2 Å². The standard InChI is InChI=1S/C16H19Cl2NO2/c1-11(2)8-19-9-16-12(5-6-20-16)10-21-15-4-3-13(17)7-14(15)18/h3-7,11,19H,8-10H2,1-2H3. The van der Waals surface area contributed by atoms with E-state index in [0.717, 1.165) is 17.9 Å². The van der Waals surface area contributed by atoms with E-state index in [1.165, 1.54) is 0 Å². The second-order valence-corrected chi connectivity index (χ2v) is 6.10. The van der Waals surface area contributed by atoms with Gasteiger partial charge in [0.15, 0.2) is 0 Å². The zero-order valence-electron chi connectivity index (χ0n) is 12.2. The van der Waals surface area contributed by atoms with Gasteiger partial charge in [0.2, 0.25) is 0 Å². The Bertz CT molecular complexity index is 581. The summed E-state index contributed by atoms with van der Waals surface area (Å²) in [6.45, 7) is 6.39. The molecule has 0 amide bonds. The first-order chi connectivity index (χ1) is 10.1. The number of hydrogen-bond acceptors (Lipinski definition) is 3. The van der Waals surface area contributed by atoms with Crippen molar-refractivity contribution in [2.24, 2.45) is 5.92 Å². The van der Waals surface area contributed by atoms with Gasteiger partial charge < -0.3 is 14.5 Å². The molecule has 1 aromatic carbocycles. The third kappa shape index (κ3) is 4.95. The number of hydrogen-bond donors (Lipinski definition) is 1. The van der Waals surface area contributed by atoms with Crippen molar-refractivity contribution in [3.8, 4) is 5.75 Å². The fourth-order valence-corrected chi connectivity index (χ4v) is 2.34. The maximum absolute atomic E-state index is 6.08. The van der Waals surface area contributed by atoms with E-state index in [2.05, 4.69) is 19.2 Å². The van der Waals surface area contributed by atoms with Crippen LogP contribution < -0.4 is 10.1 Å². The minimum Gasteiger partial charge on any atom is -0.487 e. The lowest BCUT2D eigenvalue weighted by molar-refractivity contribution is 0.301. The topological polar surface area (TPSA) is 34.4 Å². The Morgan fingerprint density at radius 1 is 1.24 bits per heavy atom. The molecule has 2 rings (SSSR count). The third-order valence-corrected chi connectivity index (χ3v) is 3.48. The Balaban J connectivity index is 1.92. The molecule has 0 unspecified atom stereocenters. The highest BCUT2D eigenvalue weighted by molar-refractivity contribution is 6.35. The average Bonchev–Trinajstić information content (AvgIpc) is 2.85. The van der Waals surface area contributed by atoms with E-state index in [1.54, 1.807) is 24.5 Å². The third-order valence-electron chi connectivity index (χ3n) is 2.95. The molecular formula is C16H19Cl2NO2. The fraction of sp³-hybridized carbons (Fsp3) is 0.375. The second-order valence-electron chi connectivity index (χ2n) is 5.26. The summed E-state index contributed by atoms with van der Waals surface area (Å²) in [6.07, 6.45) is 1.68. The molecule has 2 aromatic rings. The number of furan rings is 1. The first kappa shape index (κ1) is 16.2. The molecule has 21 heavy (non-hydrogen) atoms. The van der Waals surface area contributed by atoms with Crippen LogP contribution in [-0.4, -0.2) is 6.54 Å². The van der Waals surface area contributed by atoms with Gasteiger partial charge in [-0.05, 0) is 36.7 Å². The Hall–Kier alpha value is -1.16. The van der Waals surface area contributed by atoms with Crippen molar-refractivity contribution in [1.29, 1.82) is 0 Å². The van der Waals surface area contributed by atoms with Gasteiger partial charge in [0, 0.05) is 10.6 Å². The summed E-state index contributed by atoms with van der Waals surface area (Å²) < 4.78 is 11.2. The number of benzene rings is 1. The van der Waals surface area contributed by atoms with Gasteiger partial charge in [-0.3, -0.25) is 0 Å². The minimum atomic E-state index is 0.413. The van der Waals surface area contributed by atoms with Crippen LogP contribution in [0.4, 0.5) is 0 Å². The SMILES string of the molecule is CC(C)CNCc1occc1COc1ccc(Cl)cc1Cl. The van der Waals surface area contributed by atoms with Crippen LogP contribution in [0, 0.1) is 5.92 Å². The van der Waals surface area contributed by atoms with E-state index in [1.807, 2.05) is 6.07 Å². The average molecular weight is 328 g/mol. The Labute approximate surface area is 135 Å². The molecule has 0 atom stereocenters. The van der Waals surface area contributed by atoms with Crippen molar-refractivity contribution < 1.29 is 9.15 Å². The van der Waals surface area contributed by atoms with E-state index in [4.69, 9.17) is 32.4 Å². The molecule has 0 aliphatic heterocycles. The fourth-order valence-electron chi connectivity index (χ4n) is 1.87. The number of rotatable bonds is 7. The molecule has 0 radical (unpaired) electrons. The largest absolute Gasteiger partial charge is 0.487 e. The smallest absolute Gasteiger partial charge is 0.138 e. The van der Waals surface area contributed by atoms with Crippen molar-refractivity contribution in [2.45, 2.75) is 27.0 Å². The predicted octanol–water partition coefficient (Wildman–Crippen LogP) is 4.91. The van der Waals surface area contributed by atoms with Crippen LogP contribution in [-0.2, 0) is 13.2 Å². The Morgan fingerprint density at radius 2 is 2.05 bits per heavy atom. The molecule has 0 fully saturated rings. The zero-order valence-corrected chi connectivity index (χ0v) is 13.7. The highest BCUT2D eigenvalue weighted by Gasteiger charge is 2.09. The molecule has 114 valence electrons. The lowest BCUT2D eigenvalue weighted by atomic mass is 10.2. The second kappa shape index (κ2) is 7.74. The quantitative estimate of drug-likeness (QED) is 0.784. The summed E-state index contributed by atoms with van der Waals surface area (Å²) in [5.74, 6) is 2.11. The first-order valence-corrected chi connectivity index (χ1v) is 7.65. The molecule has 5 heteroatoms. The number of ether oxygens (including phenoxy) is 1. The van der Waals surface area contributed by atoms with Gasteiger partial charge in [-0.25, -0.2) is 0 Å². The van der Waals surface area contributed by atoms with Gasteiger partial charge in [0.1, 0.15) is 18.1 Å². The normalized spacial score (nSPS) is 11.1. The van der Waals surface area contributed by atoms with Crippen LogP contribution in [0.25, 0.3) is 0 Å². The van der Waals surface area contributed by atoms with Crippen LogP contribution >= 0.6 is 23.2 Å². The van der Waals surface area contributed by atoms with E-state index in [0.29, 0.717) is 34.9 Å². The highest BCUT2D eigenvalue weighted by atomic mass is 35.5. The van der Waals surface area contributed by atoms with Crippen LogP contribution in [0.15, 0.2) is 34.9 Å². The molecular weight excluding hydrogens is 309 g/mol. The van der Waals surface area contributed by atoms with Crippen molar-refractivity contribution in [3.63, 3.8) is 0 Å². The van der Waals surface area contributed by atoms with Crippen molar-refractivity contribution in [2.75, 3.05) is 6.54 Å². The summed E-state index contributed by atoms with van der Waals surface area (Å²) in [7, 11) is 0. The van der Waals surface area contributed by atoms with Gasteiger partial charge in [-0.2, -0.15) is 0 Å². The van der Waals surface area contributed by atoms with Crippen molar-refractivity contribution in [3.05, 3.63) is 51.9 Å². The highest BCUT2D eigenvalue weighted by Crippen LogP contribution is 2.28. The number of nitrogens with one attached hydrogen (secondary N) is 1. The lowest BCUT2D eigenvalue weighted by Gasteiger charge is -2.09. The van der Waals surface area contributed by atoms with Crippen molar-refractivity contribution in [1.82, 2.24) is 5.32 Å². The van der Waals surface area contributed by atoms with Gasteiger partial charge in [0.25, 0.3) is 0 Å². The summed E-state index contributed by atoms with van der Waals surface area (Å²) in [5.41, 5.74) is 1.01. The van der Waals surface area contributed by atoms with Gasteiger partial charge in [0.05, 0.1) is 17.8 Å². The van der Waals surface area contributed by atoms with Gasteiger partial charge in [-0.1, -0.05) is 37.0 Å². The van der Waals surface area contributed by atoms with Gasteiger partial charge >= 0.3 is 0 Å². The molecule has 0 aliphatic carbocycles.